The number of ether oxygens (including phenoxy) is 1. The number of thiocarbonyl (C=S) groups is 1. The van der Waals surface area contributed by atoms with Gasteiger partial charge in [-0.2, -0.15) is 0 Å². The van der Waals surface area contributed by atoms with Crippen LogP contribution in [0.4, 0.5) is 5.69 Å². The molecule has 7 heteroatoms. The number of aromatic carboxylic acids is 1. The Hall–Kier alpha value is -2.90. The van der Waals surface area contributed by atoms with Crippen LogP contribution in [0.15, 0.2) is 66.1 Å². The normalized spacial score (nSPS) is 15.3. The standard InChI is InChI=1S/C20H15NO4S2/c1-2-11-25-16-9-3-13(4-10-16)12-17-18(22)21(20(26)27-17)15-7-5-14(6-8-15)19(23)24/h2-10,12H,1,11H2,(H,23,24)/p-1/b17-12-. The van der Waals surface area contributed by atoms with Crippen molar-refractivity contribution >= 4 is 51.9 Å². The number of thioether (sulfide) groups is 1. The van der Waals surface area contributed by atoms with Gasteiger partial charge in [0.2, 0.25) is 0 Å². The molecule has 0 radical (unpaired) electrons. The molecule has 0 aliphatic carbocycles. The van der Waals surface area contributed by atoms with Crippen LogP contribution < -0.4 is 14.7 Å². The van der Waals surface area contributed by atoms with Crippen LogP contribution in [0.2, 0.25) is 0 Å². The van der Waals surface area contributed by atoms with E-state index in [2.05, 4.69) is 6.58 Å². The highest BCUT2D eigenvalue weighted by Gasteiger charge is 2.33. The maximum absolute atomic E-state index is 12.7. The van der Waals surface area contributed by atoms with Gasteiger partial charge >= 0.3 is 0 Å². The maximum Gasteiger partial charge on any atom is 0.270 e. The van der Waals surface area contributed by atoms with Crippen molar-refractivity contribution in [1.29, 1.82) is 0 Å². The Morgan fingerprint density at radius 3 is 2.44 bits per heavy atom. The van der Waals surface area contributed by atoms with Crippen molar-refractivity contribution in [1.82, 2.24) is 0 Å². The lowest BCUT2D eigenvalue weighted by Gasteiger charge is -2.15. The first-order valence-corrected chi connectivity index (χ1v) is 9.15. The van der Waals surface area contributed by atoms with Crippen LogP contribution >= 0.6 is 24.0 Å². The van der Waals surface area contributed by atoms with Gasteiger partial charge in [-0.05, 0) is 41.5 Å². The highest BCUT2D eigenvalue weighted by atomic mass is 32.2. The molecule has 2 aromatic rings. The third kappa shape index (κ3) is 4.27. The smallest absolute Gasteiger partial charge is 0.270 e. The van der Waals surface area contributed by atoms with Crippen LogP contribution in [0.5, 0.6) is 5.75 Å². The second kappa shape index (κ2) is 8.20. The van der Waals surface area contributed by atoms with Crippen molar-refractivity contribution in [3.05, 3.63) is 77.2 Å². The SMILES string of the molecule is C=CCOc1ccc(/C=C2\SC(=S)N(c3ccc(C(=O)[O-])cc3)C2=O)cc1. The topological polar surface area (TPSA) is 69.7 Å². The molecule has 2 aromatic carbocycles. The Morgan fingerprint density at radius 2 is 1.85 bits per heavy atom. The molecule has 1 amide bonds. The first-order valence-electron chi connectivity index (χ1n) is 7.92. The molecule has 1 aliphatic heterocycles. The van der Waals surface area contributed by atoms with Gasteiger partial charge in [-0.3, -0.25) is 9.69 Å². The minimum absolute atomic E-state index is 0.0403. The molecule has 3 rings (SSSR count). The molecule has 0 unspecified atom stereocenters. The summed E-state index contributed by atoms with van der Waals surface area (Å²) in [4.78, 5) is 25.5. The van der Waals surface area contributed by atoms with Crippen LogP contribution in [0, 0.1) is 0 Å². The predicted octanol–water partition coefficient (Wildman–Crippen LogP) is 3.02. The highest BCUT2D eigenvalue weighted by Crippen LogP contribution is 2.36. The summed E-state index contributed by atoms with van der Waals surface area (Å²) in [7, 11) is 0. The molecule has 1 aliphatic rings. The van der Waals surface area contributed by atoms with Crippen molar-refractivity contribution in [2.75, 3.05) is 11.5 Å². The Bertz CT molecular complexity index is 933. The number of benzene rings is 2. The quantitative estimate of drug-likeness (QED) is 0.425. The molecule has 1 fully saturated rings. The van der Waals surface area contributed by atoms with Gasteiger partial charge in [-0.1, -0.05) is 60.9 Å². The van der Waals surface area contributed by atoms with Gasteiger partial charge < -0.3 is 14.6 Å². The number of nitrogens with zero attached hydrogens (tertiary/aromatic N) is 1. The summed E-state index contributed by atoms with van der Waals surface area (Å²) in [5.74, 6) is -0.807. The van der Waals surface area contributed by atoms with E-state index in [-0.39, 0.29) is 11.5 Å². The van der Waals surface area contributed by atoms with E-state index in [0.717, 1.165) is 5.56 Å². The lowest BCUT2D eigenvalue weighted by molar-refractivity contribution is -0.255. The van der Waals surface area contributed by atoms with Gasteiger partial charge in [0.1, 0.15) is 12.4 Å². The Morgan fingerprint density at radius 1 is 1.19 bits per heavy atom. The zero-order chi connectivity index (χ0) is 19.4. The average molecular weight is 396 g/mol. The molecule has 0 aromatic heterocycles. The third-order valence-corrected chi connectivity index (χ3v) is 5.00. The first-order chi connectivity index (χ1) is 13.0. The minimum Gasteiger partial charge on any atom is -0.545 e. The van der Waals surface area contributed by atoms with Crippen molar-refractivity contribution in [3.63, 3.8) is 0 Å². The van der Waals surface area contributed by atoms with E-state index in [9.17, 15) is 14.7 Å². The fourth-order valence-corrected chi connectivity index (χ4v) is 3.70. The maximum atomic E-state index is 12.7. The molecule has 136 valence electrons. The number of carbonyl (C=O) groups excluding carboxylic acids is 2. The van der Waals surface area contributed by atoms with Gasteiger partial charge in [-0.15, -0.1) is 0 Å². The predicted molar refractivity (Wildman–Crippen MR) is 109 cm³/mol. The Labute approximate surface area is 165 Å². The number of hydrogen-bond acceptors (Lipinski definition) is 6. The zero-order valence-corrected chi connectivity index (χ0v) is 15.7. The zero-order valence-electron chi connectivity index (χ0n) is 14.1. The van der Waals surface area contributed by atoms with E-state index in [1.165, 1.54) is 40.9 Å². The molecule has 0 N–H and O–H groups in total. The van der Waals surface area contributed by atoms with E-state index in [4.69, 9.17) is 17.0 Å². The van der Waals surface area contributed by atoms with Crippen LogP contribution in [-0.2, 0) is 4.79 Å². The third-order valence-electron chi connectivity index (χ3n) is 3.70. The molecule has 27 heavy (non-hydrogen) atoms. The lowest BCUT2D eigenvalue weighted by Crippen LogP contribution is -2.28. The van der Waals surface area contributed by atoms with Crippen LogP contribution in [0.1, 0.15) is 15.9 Å². The molecule has 1 saturated heterocycles. The summed E-state index contributed by atoms with van der Waals surface area (Å²) in [6.45, 7) is 4.02. The monoisotopic (exact) mass is 396 g/mol. The van der Waals surface area contributed by atoms with Crippen LogP contribution in [0.3, 0.4) is 0 Å². The van der Waals surface area contributed by atoms with E-state index in [1.807, 2.05) is 24.3 Å². The van der Waals surface area contributed by atoms with Crippen LogP contribution in [-0.4, -0.2) is 22.8 Å². The fraction of sp³-hybridized carbons (Fsp3) is 0.0500. The Balaban J connectivity index is 1.79. The first kappa shape index (κ1) is 18.9. The summed E-state index contributed by atoms with van der Waals surface area (Å²) in [5, 5.41) is 10.9. The van der Waals surface area contributed by atoms with Gasteiger partial charge in [0.25, 0.3) is 5.91 Å². The summed E-state index contributed by atoms with van der Waals surface area (Å²) in [5.41, 5.74) is 1.39. The van der Waals surface area contributed by atoms with Crippen molar-refractivity contribution in [2.45, 2.75) is 0 Å². The van der Waals surface area contributed by atoms with Crippen molar-refractivity contribution in [3.8, 4) is 5.75 Å². The van der Waals surface area contributed by atoms with Crippen molar-refractivity contribution in [2.24, 2.45) is 0 Å². The van der Waals surface area contributed by atoms with Crippen LogP contribution in [0.25, 0.3) is 6.08 Å². The van der Waals surface area contributed by atoms with Gasteiger partial charge in [-0.25, -0.2) is 0 Å². The molecule has 0 spiro atoms. The van der Waals surface area contributed by atoms with E-state index >= 15 is 0 Å². The number of rotatable bonds is 6. The summed E-state index contributed by atoms with van der Waals surface area (Å²) in [6, 6.07) is 13.2. The summed E-state index contributed by atoms with van der Waals surface area (Å²) in [6.07, 6.45) is 3.42. The van der Waals surface area contributed by atoms with Gasteiger partial charge in [0.15, 0.2) is 4.32 Å². The number of carboxylic acid groups (broad SMARTS) is 1. The summed E-state index contributed by atoms with van der Waals surface area (Å²) >= 11 is 6.51. The van der Waals surface area contributed by atoms with E-state index < -0.39 is 5.97 Å². The number of hydrogen-bond donors (Lipinski definition) is 0. The molecule has 0 bridgehead atoms. The Kier molecular flexibility index (Phi) is 5.73. The highest BCUT2D eigenvalue weighted by molar-refractivity contribution is 8.27. The molecular weight excluding hydrogens is 382 g/mol. The molecule has 5 nitrogen and oxygen atoms in total. The molecule has 1 heterocycles. The number of amides is 1. The molecular formula is C20H14NO4S2-. The number of carbonyl (C=O) groups is 2. The average Bonchev–Trinajstić information content (AvgIpc) is 2.94. The minimum atomic E-state index is -1.27. The van der Waals surface area contributed by atoms with Gasteiger partial charge in [0.05, 0.1) is 16.6 Å². The fourth-order valence-electron chi connectivity index (χ4n) is 2.40. The number of anilines is 1. The molecule has 0 saturated carbocycles. The van der Waals surface area contributed by atoms with E-state index in [1.54, 1.807) is 12.2 Å². The molecule has 0 atom stereocenters. The summed E-state index contributed by atoms with van der Waals surface area (Å²) < 4.78 is 5.82. The second-order valence-electron chi connectivity index (χ2n) is 5.52. The number of carboxylic acids is 1. The van der Waals surface area contributed by atoms with Crippen molar-refractivity contribution < 1.29 is 19.4 Å². The second-order valence-corrected chi connectivity index (χ2v) is 7.20. The van der Waals surface area contributed by atoms with E-state index in [0.29, 0.717) is 27.3 Å². The lowest BCUT2D eigenvalue weighted by atomic mass is 10.2. The largest absolute Gasteiger partial charge is 0.545 e. The van der Waals surface area contributed by atoms with Gasteiger partial charge in [0, 0.05) is 0 Å².